The predicted molar refractivity (Wildman–Crippen MR) is 116 cm³/mol. The van der Waals surface area contributed by atoms with Crippen LogP contribution in [0.3, 0.4) is 0 Å². The zero-order chi connectivity index (χ0) is 21.1. The average Bonchev–Trinajstić information content (AvgIpc) is 2.74. The molecule has 0 aliphatic carbocycles. The second-order valence-electron chi connectivity index (χ2n) is 6.74. The number of hydrogen-bond acceptors (Lipinski definition) is 5. The van der Waals surface area contributed by atoms with Gasteiger partial charge in [-0.25, -0.2) is 4.98 Å². The van der Waals surface area contributed by atoms with E-state index in [1.807, 2.05) is 65.2 Å². The first-order valence-electron chi connectivity index (χ1n) is 9.37. The highest BCUT2D eigenvalue weighted by Gasteiger charge is 2.14. The molecule has 2 heterocycles. The number of benzene rings is 2. The van der Waals surface area contributed by atoms with Gasteiger partial charge in [-0.05, 0) is 48.9 Å². The minimum absolute atomic E-state index is 0.216. The van der Waals surface area contributed by atoms with Crippen molar-refractivity contribution in [3.05, 3.63) is 100 Å². The zero-order valence-corrected chi connectivity index (χ0v) is 16.2. The highest BCUT2D eigenvalue weighted by Crippen LogP contribution is 2.25. The third kappa shape index (κ3) is 3.84. The number of nitrogens with one attached hydrogen (secondary N) is 1. The van der Waals surface area contributed by atoms with Gasteiger partial charge in [-0.3, -0.25) is 9.36 Å². The van der Waals surface area contributed by atoms with Gasteiger partial charge in [0, 0.05) is 23.1 Å². The minimum atomic E-state index is -1.31. The number of anilines is 2. The minimum Gasteiger partial charge on any atom is -0.545 e. The quantitative estimate of drug-likeness (QED) is 0.524. The first kappa shape index (κ1) is 19.1. The van der Waals surface area contributed by atoms with Crippen LogP contribution in [0, 0.1) is 6.92 Å². The maximum Gasteiger partial charge on any atom is 0.193 e. The molecule has 0 saturated heterocycles. The molecule has 2 aromatic carbocycles. The van der Waals surface area contributed by atoms with Gasteiger partial charge in [-0.15, -0.1) is 0 Å². The van der Waals surface area contributed by atoms with Crippen LogP contribution < -0.4 is 15.9 Å². The number of rotatable bonds is 5. The Kier molecular flexibility index (Phi) is 5.13. The number of para-hydroxylation sites is 2. The molecule has 6 nitrogen and oxygen atoms in total. The lowest BCUT2D eigenvalue weighted by molar-refractivity contribution is -0.297. The van der Waals surface area contributed by atoms with Gasteiger partial charge in [-0.2, -0.15) is 0 Å². The van der Waals surface area contributed by atoms with Crippen LogP contribution >= 0.6 is 0 Å². The number of aliphatic carboxylic acids is 1. The Morgan fingerprint density at radius 2 is 1.70 bits per heavy atom. The van der Waals surface area contributed by atoms with E-state index in [9.17, 15) is 14.7 Å². The zero-order valence-electron chi connectivity index (χ0n) is 16.2. The molecular formula is C24H18N3O3-. The van der Waals surface area contributed by atoms with E-state index < -0.39 is 5.97 Å². The molecule has 0 unspecified atom stereocenters. The van der Waals surface area contributed by atoms with E-state index in [0.717, 1.165) is 17.5 Å². The SMILES string of the molecule is Cc1nc2c(cc1/C=C/C(=O)[O-])c(=O)cc(Nc1ccccc1)n2-c1ccccc1. The summed E-state index contributed by atoms with van der Waals surface area (Å²) in [5.74, 6) is -0.728. The Labute approximate surface area is 172 Å². The lowest BCUT2D eigenvalue weighted by atomic mass is 10.1. The van der Waals surface area contributed by atoms with Gasteiger partial charge in [0.25, 0.3) is 0 Å². The first-order valence-corrected chi connectivity index (χ1v) is 9.37. The fourth-order valence-electron chi connectivity index (χ4n) is 3.27. The van der Waals surface area contributed by atoms with Crippen molar-refractivity contribution < 1.29 is 9.90 Å². The topological polar surface area (TPSA) is 87.1 Å². The van der Waals surface area contributed by atoms with Crippen molar-refractivity contribution in [2.45, 2.75) is 6.92 Å². The smallest absolute Gasteiger partial charge is 0.193 e. The van der Waals surface area contributed by atoms with E-state index >= 15 is 0 Å². The van der Waals surface area contributed by atoms with Crippen molar-refractivity contribution in [1.82, 2.24) is 9.55 Å². The molecule has 30 heavy (non-hydrogen) atoms. The summed E-state index contributed by atoms with van der Waals surface area (Å²) < 4.78 is 1.88. The van der Waals surface area contributed by atoms with Crippen LogP contribution in [-0.4, -0.2) is 15.5 Å². The molecular weight excluding hydrogens is 378 g/mol. The normalized spacial score (nSPS) is 11.1. The van der Waals surface area contributed by atoms with Crippen molar-refractivity contribution in [3.63, 3.8) is 0 Å². The predicted octanol–water partition coefficient (Wildman–Crippen LogP) is 3.20. The number of carboxylic acids is 1. The third-order valence-electron chi connectivity index (χ3n) is 4.68. The molecule has 4 aromatic rings. The molecule has 0 fully saturated rings. The molecule has 0 aliphatic rings. The molecule has 0 amide bonds. The number of carbonyl (C=O) groups excluding carboxylic acids is 1. The van der Waals surface area contributed by atoms with Crippen molar-refractivity contribution in [3.8, 4) is 5.69 Å². The average molecular weight is 396 g/mol. The van der Waals surface area contributed by atoms with Crippen LogP contribution in [0.15, 0.2) is 83.7 Å². The number of aryl methyl sites for hydroxylation is 1. The number of nitrogens with zero attached hydrogens (tertiary/aromatic N) is 2. The van der Waals surface area contributed by atoms with E-state index in [1.165, 1.54) is 12.1 Å². The van der Waals surface area contributed by atoms with E-state index in [1.54, 1.807) is 13.0 Å². The highest BCUT2D eigenvalue weighted by molar-refractivity contribution is 5.87. The van der Waals surface area contributed by atoms with Gasteiger partial charge in [-0.1, -0.05) is 42.5 Å². The number of pyridine rings is 2. The molecule has 6 heteroatoms. The van der Waals surface area contributed by atoms with Crippen LogP contribution in [0.1, 0.15) is 11.3 Å². The fourth-order valence-corrected chi connectivity index (χ4v) is 3.27. The summed E-state index contributed by atoms with van der Waals surface area (Å²) in [6.45, 7) is 1.77. The monoisotopic (exact) mass is 396 g/mol. The van der Waals surface area contributed by atoms with Crippen molar-refractivity contribution in [1.29, 1.82) is 0 Å². The summed E-state index contributed by atoms with van der Waals surface area (Å²) in [5, 5.41) is 14.5. The summed E-state index contributed by atoms with van der Waals surface area (Å²) in [4.78, 5) is 28.4. The molecule has 2 aromatic heterocycles. The Morgan fingerprint density at radius 1 is 1.03 bits per heavy atom. The van der Waals surface area contributed by atoms with Crippen LogP contribution in [0.5, 0.6) is 0 Å². The number of aromatic nitrogens is 2. The fraction of sp³-hybridized carbons (Fsp3) is 0.0417. The summed E-state index contributed by atoms with van der Waals surface area (Å²) in [7, 11) is 0. The van der Waals surface area contributed by atoms with Crippen molar-refractivity contribution in [2.24, 2.45) is 0 Å². The molecule has 4 rings (SSSR count). The van der Waals surface area contributed by atoms with Gasteiger partial charge in [0.05, 0.1) is 11.4 Å². The third-order valence-corrected chi connectivity index (χ3v) is 4.68. The molecule has 0 bridgehead atoms. The largest absolute Gasteiger partial charge is 0.545 e. The number of fused-ring (bicyclic) bond motifs is 1. The molecule has 148 valence electrons. The lowest BCUT2D eigenvalue weighted by Gasteiger charge is -2.18. The molecule has 0 aliphatic heterocycles. The maximum absolute atomic E-state index is 12.9. The summed E-state index contributed by atoms with van der Waals surface area (Å²) in [5.41, 5.74) is 3.09. The van der Waals surface area contributed by atoms with E-state index in [4.69, 9.17) is 0 Å². The Morgan fingerprint density at radius 3 is 2.37 bits per heavy atom. The van der Waals surface area contributed by atoms with E-state index in [-0.39, 0.29) is 5.43 Å². The summed E-state index contributed by atoms with van der Waals surface area (Å²) in [6.07, 6.45) is 2.32. The number of carbonyl (C=O) groups is 1. The van der Waals surface area contributed by atoms with Crippen molar-refractivity contribution >= 4 is 34.6 Å². The van der Waals surface area contributed by atoms with E-state index in [2.05, 4.69) is 10.3 Å². The van der Waals surface area contributed by atoms with Gasteiger partial charge < -0.3 is 15.2 Å². The van der Waals surface area contributed by atoms with Gasteiger partial charge in [0.1, 0.15) is 11.5 Å². The lowest BCUT2D eigenvalue weighted by Crippen LogP contribution is -2.18. The second-order valence-corrected chi connectivity index (χ2v) is 6.74. The van der Waals surface area contributed by atoms with Crippen molar-refractivity contribution in [2.75, 3.05) is 5.32 Å². The maximum atomic E-state index is 12.9. The van der Waals surface area contributed by atoms with Crippen LogP contribution in [0.2, 0.25) is 0 Å². The standard InChI is InChI=1S/C24H19N3O3/c1-16-17(12-13-23(29)30)14-20-21(28)15-22(26-18-8-4-2-5-9-18)27(24(20)25-16)19-10-6-3-7-11-19/h2-15,26H,1H3,(H,29,30)/p-1/b13-12+. The first-order chi connectivity index (χ1) is 14.5. The molecule has 0 spiro atoms. The van der Waals surface area contributed by atoms with Gasteiger partial charge >= 0.3 is 0 Å². The Balaban J connectivity index is 1.99. The number of hydrogen-bond donors (Lipinski definition) is 1. The second kappa shape index (κ2) is 8.05. The summed E-state index contributed by atoms with van der Waals surface area (Å²) >= 11 is 0. The molecule has 0 saturated carbocycles. The van der Waals surface area contributed by atoms with E-state index in [0.29, 0.717) is 28.1 Å². The molecule has 0 atom stereocenters. The van der Waals surface area contributed by atoms with Gasteiger partial charge in [0.15, 0.2) is 5.43 Å². The highest BCUT2D eigenvalue weighted by atomic mass is 16.4. The van der Waals surface area contributed by atoms with Crippen LogP contribution in [0.4, 0.5) is 11.5 Å². The Hall–Kier alpha value is -4.19. The molecule has 1 N–H and O–H groups in total. The van der Waals surface area contributed by atoms with Gasteiger partial charge in [0.2, 0.25) is 0 Å². The van der Waals surface area contributed by atoms with Crippen LogP contribution in [0.25, 0.3) is 22.8 Å². The Bertz CT molecular complexity index is 1310. The molecule has 0 radical (unpaired) electrons. The van der Waals surface area contributed by atoms with Crippen LogP contribution in [-0.2, 0) is 4.79 Å². The summed E-state index contributed by atoms with van der Waals surface area (Å²) in [6, 6.07) is 22.3. The number of carboxylic acid groups (broad SMARTS) is 1.